The molecular formula is C26H25N3O5. The number of aliphatic hydroxyl groups excluding tert-OH is 1. The minimum atomic E-state index is -0.404. The van der Waals surface area contributed by atoms with Crippen molar-refractivity contribution in [2.45, 2.75) is 20.5 Å². The van der Waals surface area contributed by atoms with Crippen molar-refractivity contribution in [2.75, 3.05) is 19.5 Å². The Hall–Kier alpha value is -4.17. The number of aromatic nitrogens is 1. The molecule has 2 aromatic carbocycles. The van der Waals surface area contributed by atoms with Crippen molar-refractivity contribution in [1.29, 1.82) is 0 Å². The largest absolute Gasteiger partial charge is 0.497 e. The van der Waals surface area contributed by atoms with Gasteiger partial charge in [-0.05, 0) is 44.2 Å². The monoisotopic (exact) mass is 459 g/mol. The highest BCUT2D eigenvalue weighted by molar-refractivity contribution is 6.05. The first-order chi connectivity index (χ1) is 16.4. The summed E-state index contributed by atoms with van der Waals surface area (Å²) >= 11 is 0. The van der Waals surface area contributed by atoms with Gasteiger partial charge in [-0.2, -0.15) is 0 Å². The fourth-order valence-electron chi connectivity index (χ4n) is 3.48. The maximum Gasteiger partial charge on any atom is 0.261 e. The fourth-order valence-corrected chi connectivity index (χ4v) is 3.48. The number of amides is 1. The molecule has 0 radical (unpaired) electrons. The number of hydrogen-bond acceptors (Lipinski definition) is 7. The molecule has 0 aliphatic heterocycles. The predicted molar refractivity (Wildman–Crippen MR) is 129 cm³/mol. The lowest BCUT2D eigenvalue weighted by Crippen LogP contribution is -2.22. The number of carbonyl (C=O) groups is 1. The SMILES string of the molecule is COc1ccc(N=c2oc3c(C)ncc(CO)c3cc2C(=O)Nc2ccc(C)cc2)c(OC)c1. The molecule has 174 valence electrons. The van der Waals surface area contributed by atoms with E-state index in [1.807, 2.05) is 31.2 Å². The van der Waals surface area contributed by atoms with Gasteiger partial charge in [0.25, 0.3) is 5.91 Å². The maximum absolute atomic E-state index is 13.3. The number of methoxy groups -OCH3 is 2. The van der Waals surface area contributed by atoms with E-state index in [0.29, 0.717) is 45.1 Å². The van der Waals surface area contributed by atoms with Gasteiger partial charge in [0.2, 0.25) is 5.55 Å². The van der Waals surface area contributed by atoms with Gasteiger partial charge in [0.15, 0.2) is 5.58 Å². The maximum atomic E-state index is 13.3. The summed E-state index contributed by atoms with van der Waals surface area (Å²) < 4.78 is 16.8. The first-order valence-corrected chi connectivity index (χ1v) is 10.6. The van der Waals surface area contributed by atoms with Crippen molar-refractivity contribution in [3.05, 3.63) is 82.7 Å². The number of nitrogens with zero attached hydrogens (tertiary/aromatic N) is 2. The zero-order valence-corrected chi connectivity index (χ0v) is 19.4. The van der Waals surface area contributed by atoms with Gasteiger partial charge in [-0.1, -0.05) is 17.7 Å². The van der Waals surface area contributed by atoms with Crippen LogP contribution in [0.2, 0.25) is 0 Å². The number of aryl methyl sites for hydroxylation is 2. The van der Waals surface area contributed by atoms with E-state index in [-0.39, 0.29) is 17.7 Å². The van der Waals surface area contributed by atoms with Gasteiger partial charge in [-0.15, -0.1) is 0 Å². The van der Waals surface area contributed by atoms with Crippen LogP contribution in [-0.4, -0.2) is 30.2 Å². The summed E-state index contributed by atoms with van der Waals surface area (Å²) in [6, 6.07) is 14.3. The van der Waals surface area contributed by atoms with E-state index >= 15 is 0 Å². The van der Waals surface area contributed by atoms with E-state index in [0.717, 1.165) is 5.56 Å². The third-order valence-electron chi connectivity index (χ3n) is 5.38. The van der Waals surface area contributed by atoms with E-state index in [4.69, 9.17) is 13.9 Å². The number of anilines is 1. The van der Waals surface area contributed by atoms with Crippen molar-refractivity contribution >= 4 is 28.3 Å². The Balaban J connectivity index is 1.93. The van der Waals surface area contributed by atoms with E-state index in [2.05, 4.69) is 15.3 Å². The Bertz CT molecular complexity index is 1430. The van der Waals surface area contributed by atoms with Crippen LogP contribution in [0, 0.1) is 13.8 Å². The van der Waals surface area contributed by atoms with Gasteiger partial charge < -0.3 is 24.3 Å². The molecule has 0 aliphatic carbocycles. The normalized spacial score (nSPS) is 11.5. The highest BCUT2D eigenvalue weighted by Crippen LogP contribution is 2.31. The third kappa shape index (κ3) is 4.62. The van der Waals surface area contributed by atoms with Gasteiger partial charge >= 0.3 is 0 Å². The number of aliphatic hydroxyl groups is 1. The highest BCUT2D eigenvalue weighted by Gasteiger charge is 2.17. The summed E-state index contributed by atoms with van der Waals surface area (Å²) in [7, 11) is 3.09. The number of benzene rings is 2. The molecule has 2 N–H and O–H groups in total. The lowest BCUT2D eigenvalue weighted by atomic mass is 10.1. The van der Waals surface area contributed by atoms with Crippen LogP contribution in [0.15, 0.2) is 64.1 Å². The van der Waals surface area contributed by atoms with Crippen molar-refractivity contribution in [1.82, 2.24) is 4.98 Å². The highest BCUT2D eigenvalue weighted by atomic mass is 16.5. The molecule has 8 nitrogen and oxygen atoms in total. The van der Waals surface area contributed by atoms with Crippen LogP contribution < -0.4 is 20.3 Å². The quantitative estimate of drug-likeness (QED) is 0.442. The average molecular weight is 460 g/mol. The van der Waals surface area contributed by atoms with Gasteiger partial charge in [0, 0.05) is 28.9 Å². The Morgan fingerprint density at radius 2 is 1.85 bits per heavy atom. The van der Waals surface area contributed by atoms with Crippen LogP contribution in [0.3, 0.4) is 0 Å². The number of rotatable bonds is 6. The summed E-state index contributed by atoms with van der Waals surface area (Å²) in [4.78, 5) is 22.2. The molecule has 0 aliphatic rings. The Morgan fingerprint density at radius 1 is 1.09 bits per heavy atom. The van der Waals surface area contributed by atoms with Gasteiger partial charge in [0.05, 0.1) is 26.5 Å². The molecule has 0 saturated carbocycles. The average Bonchev–Trinajstić information content (AvgIpc) is 2.85. The van der Waals surface area contributed by atoms with Crippen LogP contribution in [0.1, 0.15) is 27.2 Å². The molecule has 0 spiro atoms. The lowest BCUT2D eigenvalue weighted by Gasteiger charge is -2.11. The molecule has 2 heterocycles. The predicted octanol–water partition coefficient (Wildman–Crippen LogP) is 4.44. The minimum absolute atomic E-state index is 0.0839. The fraction of sp³-hybridized carbons (Fsp3) is 0.192. The molecule has 8 heteroatoms. The van der Waals surface area contributed by atoms with Crippen LogP contribution in [0.4, 0.5) is 11.4 Å². The van der Waals surface area contributed by atoms with E-state index in [9.17, 15) is 9.90 Å². The summed E-state index contributed by atoms with van der Waals surface area (Å²) in [5.41, 5.74) is 4.04. The van der Waals surface area contributed by atoms with Gasteiger partial charge in [-0.25, -0.2) is 4.99 Å². The third-order valence-corrected chi connectivity index (χ3v) is 5.38. The number of ether oxygens (including phenoxy) is 2. The second kappa shape index (κ2) is 9.76. The van der Waals surface area contributed by atoms with Crippen molar-refractivity contribution in [3.8, 4) is 11.5 Å². The minimum Gasteiger partial charge on any atom is -0.497 e. The second-order valence-electron chi connectivity index (χ2n) is 7.70. The molecule has 1 amide bonds. The Kier molecular flexibility index (Phi) is 6.60. The standard InChI is InChI=1S/C26H25N3O5/c1-15-5-7-18(8-6-15)28-25(31)21-12-20-17(14-30)13-27-16(2)24(20)34-26(21)29-22-10-9-19(32-3)11-23(22)33-4/h5-13,30H,14H2,1-4H3,(H,28,31). The molecular weight excluding hydrogens is 434 g/mol. The second-order valence-corrected chi connectivity index (χ2v) is 7.70. The van der Waals surface area contributed by atoms with Crippen LogP contribution >= 0.6 is 0 Å². The summed E-state index contributed by atoms with van der Waals surface area (Å²) in [5.74, 6) is 0.661. The Labute approximate surface area is 196 Å². The zero-order chi connectivity index (χ0) is 24.2. The van der Waals surface area contributed by atoms with Crippen LogP contribution in [-0.2, 0) is 6.61 Å². The number of carbonyl (C=O) groups excluding carboxylic acids is 1. The van der Waals surface area contributed by atoms with Crippen molar-refractivity contribution in [2.24, 2.45) is 4.99 Å². The molecule has 0 fully saturated rings. The van der Waals surface area contributed by atoms with Gasteiger partial charge in [-0.3, -0.25) is 9.78 Å². The van der Waals surface area contributed by atoms with E-state index < -0.39 is 5.91 Å². The number of pyridine rings is 1. The lowest BCUT2D eigenvalue weighted by molar-refractivity contribution is 0.102. The summed E-state index contributed by atoms with van der Waals surface area (Å²) in [5, 5.41) is 13.3. The molecule has 0 atom stereocenters. The molecule has 4 rings (SSSR count). The molecule has 4 aromatic rings. The number of nitrogens with one attached hydrogen (secondary N) is 1. The number of hydrogen-bond donors (Lipinski definition) is 2. The van der Waals surface area contributed by atoms with E-state index in [1.54, 1.807) is 44.5 Å². The summed E-state index contributed by atoms with van der Waals surface area (Å²) in [6.07, 6.45) is 1.57. The molecule has 0 unspecified atom stereocenters. The molecule has 34 heavy (non-hydrogen) atoms. The van der Waals surface area contributed by atoms with Crippen LogP contribution in [0.25, 0.3) is 11.0 Å². The van der Waals surface area contributed by atoms with Gasteiger partial charge in [0.1, 0.15) is 22.7 Å². The molecule has 0 bridgehead atoms. The first kappa shape index (κ1) is 23.0. The van der Waals surface area contributed by atoms with E-state index in [1.165, 1.54) is 7.11 Å². The summed E-state index contributed by atoms with van der Waals surface area (Å²) in [6.45, 7) is 3.51. The smallest absolute Gasteiger partial charge is 0.261 e. The van der Waals surface area contributed by atoms with Crippen LogP contribution in [0.5, 0.6) is 11.5 Å². The van der Waals surface area contributed by atoms with Crippen molar-refractivity contribution < 1.29 is 23.8 Å². The topological polar surface area (TPSA) is 106 Å². The Morgan fingerprint density at radius 3 is 2.53 bits per heavy atom. The molecule has 2 aromatic heterocycles. The van der Waals surface area contributed by atoms with Crippen molar-refractivity contribution in [3.63, 3.8) is 0 Å². The number of fused-ring (bicyclic) bond motifs is 1. The molecule has 0 saturated heterocycles. The first-order valence-electron chi connectivity index (χ1n) is 10.6. The zero-order valence-electron chi connectivity index (χ0n) is 19.4.